The summed E-state index contributed by atoms with van der Waals surface area (Å²) < 4.78 is 1.84. The third kappa shape index (κ3) is 3.00. The Bertz CT molecular complexity index is 911. The van der Waals surface area contributed by atoms with E-state index in [2.05, 4.69) is 15.6 Å². The predicted molar refractivity (Wildman–Crippen MR) is 99.2 cm³/mol. The molecule has 1 aromatic carbocycles. The summed E-state index contributed by atoms with van der Waals surface area (Å²) in [6.45, 7) is 5.95. The van der Waals surface area contributed by atoms with Gasteiger partial charge in [-0.15, -0.1) is 0 Å². The zero-order chi connectivity index (χ0) is 18.5. The fraction of sp³-hybridized carbons (Fsp3) is 0.450. The molecule has 0 radical (unpaired) electrons. The SMILES string of the molecule is Cc1cc(C2(C)CC(c3ccc(C)c(C(=O)NC4CC4)c3)=NO2)n(C)n1. The molecule has 136 valence electrons. The van der Waals surface area contributed by atoms with E-state index in [0.717, 1.165) is 41.1 Å². The van der Waals surface area contributed by atoms with E-state index in [1.807, 2.05) is 56.8 Å². The van der Waals surface area contributed by atoms with E-state index in [9.17, 15) is 4.79 Å². The summed E-state index contributed by atoms with van der Waals surface area (Å²) in [5.74, 6) is -0.00335. The molecule has 2 aliphatic rings. The maximum Gasteiger partial charge on any atom is 0.251 e. The number of carbonyl (C=O) groups excluding carboxylic acids is 1. The van der Waals surface area contributed by atoms with Crippen LogP contribution in [0.15, 0.2) is 29.4 Å². The molecule has 2 aromatic rings. The highest BCUT2D eigenvalue weighted by atomic mass is 16.7. The van der Waals surface area contributed by atoms with Gasteiger partial charge in [-0.1, -0.05) is 17.3 Å². The van der Waals surface area contributed by atoms with Crippen LogP contribution in [0.2, 0.25) is 0 Å². The van der Waals surface area contributed by atoms with Crippen molar-refractivity contribution in [1.29, 1.82) is 0 Å². The van der Waals surface area contributed by atoms with Gasteiger partial charge in [-0.2, -0.15) is 5.10 Å². The van der Waals surface area contributed by atoms with Gasteiger partial charge in [-0.25, -0.2) is 0 Å². The zero-order valence-electron chi connectivity index (χ0n) is 15.7. The van der Waals surface area contributed by atoms with Crippen LogP contribution in [0.25, 0.3) is 0 Å². The van der Waals surface area contributed by atoms with E-state index in [4.69, 9.17) is 4.84 Å². The standard InChI is InChI=1S/C20H24N4O2/c1-12-5-6-14(10-16(12)19(25)21-15-7-8-15)17-11-20(3,26-23-17)18-9-13(2)22-24(18)4/h5-6,9-10,15H,7-8,11H2,1-4H3,(H,21,25). The summed E-state index contributed by atoms with van der Waals surface area (Å²) in [7, 11) is 1.92. The number of nitrogens with zero attached hydrogens (tertiary/aromatic N) is 3. The fourth-order valence-electron chi connectivity index (χ4n) is 3.47. The first-order chi connectivity index (χ1) is 12.4. The van der Waals surface area contributed by atoms with Crippen LogP contribution in [0.5, 0.6) is 0 Å². The largest absolute Gasteiger partial charge is 0.382 e. The van der Waals surface area contributed by atoms with Gasteiger partial charge in [0.15, 0.2) is 5.60 Å². The van der Waals surface area contributed by atoms with Gasteiger partial charge in [0.1, 0.15) is 0 Å². The average Bonchev–Trinajstić information content (AvgIpc) is 3.21. The van der Waals surface area contributed by atoms with Gasteiger partial charge in [0, 0.05) is 30.6 Å². The highest BCUT2D eigenvalue weighted by Crippen LogP contribution is 2.36. The summed E-state index contributed by atoms with van der Waals surface area (Å²) in [6, 6.07) is 8.28. The highest BCUT2D eigenvalue weighted by Gasteiger charge is 2.39. The lowest BCUT2D eigenvalue weighted by Crippen LogP contribution is -2.27. The topological polar surface area (TPSA) is 68.5 Å². The van der Waals surface area contributed by atoms with E-state index in [1.54, 1.807) is 0 Å². The van der Waals surface area contributed by atoms with Crippen molar-refractivity contribution in [3.8, 4) is 0 Å². The number of hydrogen-bond acceptors (Lipinski definition) is 4. The highest BCUT2D eigenvalue weighted by molar-refractivity contribution is 6.04. The van der Waals surface area contributed by atoms with E-state index in [0.29, 0.717) is 18.0 Å². The molecular formula is C20H24N4O2. The van der Waals surface area contributed by atoms with Crippen LogP contribution in [0.1, 0.15) is 59.1 Å². The smallest absolute Gasteiger partial charge is 0.251 e. The van der Waals surface area contributed by atoms with Gasteiger partial charge < -0.3 is 10.2 Å². The van der Waals surface area contributed by atoms with E-state index in [-0.39, 0.29) is 5.91 Å². The van der Waals surface area contributed by atoms with Crippen molar-refractivity contribution in [2.24, 2.45) is 12.2 Å². The zero-order valence-corrected chi connectivity index (χ0v) is 15.7. The molecular weight excluding hydrogens is 328 g/mol. The van der Waals surface area contributed by atoms with Crippen LogP contribution in [-0.2, 0) is 17.5 Å². The lowest BCUT2D eigenvalue weighted by atomic mass is 9.91. The number of amides is 1. The molecule has 0 saturated heterocycles. The second-order valence-electron chi connectivity index (χ2n) is 7.61. The maximum absolute atomic E-state index is 12.5. The monoisotopic (exact) mass is 352 g/mol. The third-order valence-electron chi connectivity index (χ3n) is 5.13. The number of aromatic nitrogens is 2. The van der Waals surface area contributed by atoms with E-state index in [1.165, 1.54) is 0 Å². The molecule has 1 fully saturated rings. The van der Waals surface area contributed by atoms with Crippen molar-refractivity contribution >= 4 is 11.6 Å². The van der Waals surface area contributed by atoms with Crippen LogP contribution in [-0.4, -0.2) is 27.4 Å². The quantitative estimate of drug-likeness (QED) is 0.920. The number of nitrogens with one attached hydrogen (secondary N) is 1. The number of benzene rings is 1. The Hall–Kier alpha value is -2.63. The second-order valence-corrected chi connectivity index (χ2v) is 7.61. The van der Waals surface area contributed by atoms with Crippen LogP contribution < -0.4 is 5.32 Å². The Labute approximate surface area is 153 Å². The van der Waals surface area contributed by atoms with Gasteiger partial charge in [0.25, 0.3) is 5.91 Å². The van der Waals surface area contributed by atoms with Crippen molar-refractivity contribution in [3.05, 3.63) is 52.3 Å². The summed E-state index contributed by atoms with van der Waals surface area (Å²) in [5.41, 5.74) is 4.86. The molecule has 4 rings (SSSR count). The molecule has 1 unspecified atom stereocenters. The van der Waals surface area contributed by atoms with Crippen molar-refractivity contribution in [1.82, 2.24) is 15.1 Å². The Morgan fingerprint density at radius 2 is 2.08 bits per heavy atom. The molecule has 26 heavy (non-hydrogen) atoms. The minimum absolute atomic E-state index is 0.00335. The Morgan fingerprint density at radius 3 is 2.73 bits per heavy atom. The van der Waals surface area contributed by atoms with E-state index < -0.39 is 5.60 Å². The van der Waals surface area contributed by atoms with E-state index >= 15 is 0 Å². The minimum Gasteiger partial charge on any atom is -0.382 e. The first-order valence-corrected chi connectivity index (χ1v) is 9.04. The summed E-state index contributed by atoms with van der Waals surface area (Å²) in [6.07, 6.45) is 2.79. The summed E-state index contributed by atoms with van der Waals surface area (Å²) >= 11 is 0. The Kier molecular flexibility index (Phi) is 3.86. The van der Waals surface area contributed by atoms with Gasteiger partial charge >= 0.3 is 0 Å². The maximum atomic E-state index is 12.5. The molecule has 0 bridgehead atoms. The first-order valence-electron chi connectivity index (χ1n) is 9.04. The molecule has 2 heterocycles. The molecule has 6 heteroatoms. The fourth-order valence-corrected chi connectivity index (χ4v) is 3.47. The number of rotatable bonds is 4. The second kappa shape index (κ2) is 5.97. The van der Waals surface area contributed by atoms with Crippen LogP contribution in [0, 0.1) is 13.8 Å². The normalized spacial score (nSPS) is 22.1. The van der Waals surface area contributed by atoms with Crippen molar-refractivity contribution in [3.63, 3.8) is 0 Å². The minimum atomic E-state index is -0.549. The lowest BCUT2D eigenvalue weighted by Gasteiger charge is -2.21. The first kappa shape index (κ1) is 16.8. The van der Waals surface area contributed by atoms with Gasteiger partial charge in [0.2, 0.25) is 0 Å². The average molecular weight is 352 g/mol. The molecule has 1 saturated carbocycles. The van der Waals surface area contributed by atoms with Crippen molar-refractivity contribution in [2.45, 2.75) is 51.7 Å². The molecule has 1 atom stereocenters. The molecule has 0 spiro atoms. The Balaban J connectivity index is 1.58. The number of carbonyl (C=O) groups is 1. The van der Waals surface area contributed by atoms with Gasteiger partial charge in [-0.3, -0.25) is 9.48 Å². The molecule has 1 aliphatic heterocycles. The molecule has 1 aliphatic carbocycles. The molecule has 1 amide bonds. The third-order valence-corrected chi connectivity index (χ3v) is 5.13. The van der Waals surface area contributed by atoms with Crippen LogP contribution >= 0.6 is 0 Å². The van der Waals surface area contributed by atoms with Gasteiger partial charge in [0.05, 0.1) is 17.1 Å². The van der Waals surface area contributed by atoms with Gasteiger partial charge in [-0.05, 0) is 51.3 Å². The number of hydrogen-bond donors (Lipinski definition) is 1. The summed E-state index contributed by atoms with van der Waals surface area (Å²) in [4.78, 5) is 18.3. The lowest BCUT2D eigenvalue weighted by molar-refractivity contribution is -0.0135. The molecule has 1 N–H and O–H groups in total. The Morgan fingerprint density at radius 1 is 1.31 bits per heavy atom. The molecule has 6 nitrogen and oxygen atoms in total. The van der Waals surface area contributed by atoms with Crippen molar-refractivity contribution in [2.75, 3.05) is 0 Å². The van der Waals surface area contributed by atoms with Crippen molar-refractivity contribution < 1.29 is 9.63 Å². The van der Waals surface area contributed by atoms with Crippen LogP contribution in [0.3, 0.4) is 0 Å². The molecule has 1 aromatic heterocycles. The number of oxime groups is 1. The number of aryl methyl sites for hydroxylation is 3. The summed E-state index contributed by atoms with van der Waals surface area (Å²) in [5, 5.41) is 11.8. The van der Waals surface area contributed by atoms with Crippen LogP contribution in [0.4, 0.5) is 0 Å². The predicted octanol–water partition coefficient (Wildman–Crippen LogP) is 2.97.